The van der Waals surface area contributed by atoms with Gasteiger partial charge >= 0.3 is 0 Å². The molecule has 2 heterocycles. The Labute approximate surface area is 169 Å². The van der Waals surface area contributed by atoms with E-state index < -0.39 is 0 Å². The molecule has 2 amide bonds. The summed E-state index contributed by atoms with van der Waals surface area (Å²) in [4.78, 5) is 31.4. The molecule has 0 saturated carbocycles. The van der Waals surface area contributed by atoms with Crippen LogP contribution in [0.4, 0.5) is 0 Å². The maximum absolute atomic E-state index is 12.8. The van der Waals surface area contributed by atoms with E-state index in [1.807, 2.05) is 35.0 Å². The van der Waals surface area contributed by atoms with Gasteiger partial charge in [-0.15, -0.1) is 0 Å². The van der Waals surface area contributed by atoms with Gasteiger partial charge in [0.2, 0.25) is 11.8 Å². The van der Waals surface area contributed by atoms with E-state index in [4.69, 9.17) is 0 Å². The van der Waals surface area contributed by atoms with Gasteiger partial charge in [0.15, 0.2) is 0 Å². The Morgan fingerprint density at radius 1 is 1.00 bits per heavy atom. The van der Waals surface area contributed by atoms with Crippen LogP contribution in [0.2, 0.25) is 0 Å². The standard InChI is InChI=1S/C23H35N3O2/c1-3-7-22(27)26-16-12-21(13-17-26)25-14-10-20(11-15-25)23(28)24(2)18-19-8-5-4-6-9-19/h4-6,8-9,20-21H,3,7,10-18H2,1-2H3. The highest BCUT2D eigenvalue weighted by Gasteiger charge is 2.32. The number of rotatable bonds is 6. The molecule has 2 saturated heterocycles. The summed E-state index contributed by atoms with van der Waals surface area (Å²) in [6, 6.07) is 10.8. The minimum absolute atomic E-state index is 0.149. The molecule has 0 atom stereocenters. The average Bonchev–Trinajstić information content (AvgIpc) is 2.74. The number of carbonyl (C=O) groups is 2. The monoisotopic (exact) mass is 385 g/mol. The van der Waals surface area contributed by atoms with Gasteiger partial charge in [-0.2, -0.15) is 0 Å². The quantitative estimate of drug-likeness (QED) is 0.756. The van der Waals surface area contributed by atoms with Crippen LogP contribution >= 0.6 is 0 Å². The van der Waals surface area contributed by atoms with Crippen LogP contribution in [0.25, 0.3) is 0 Å². The highest BCUT2D eigenvalue weighted by Crippen LogP contribution is 2.25. The van der Waals surface area contributed by atoms with Crippen LogP contribution in [0.1, 0.15) is 51.0 Å². The molecular formula is C23H35N3O2. The molecule has 2 aliphatic rings. The zero-order valence-electron chi connectivity index (χ0n) is 17.5. The largest absolute Gasteiger partial charge is 0.343 e. The van der Waals surface area contributed by atoms with E-state index in [0.717, 1.165) is 58.3 Å². The average molecular weight is 386 g/mol. The summed E-state index contributed by atoms with van der Waals surface area (Å²) >= 11 is 0. The molecule has 2 fully saturated rings. The molecule has 0 aromatic heterocycles. The van der Waals surface area contributed by atoms with Crippen LogP contribution in [0.15, 0.2) is 30.3 Å². The van der Waals surface area contributed by atoms with Gasteiger partial charge in [-0.3, -0.25) is 9.59 Å². The van der Waals surface area contributed by atoms with E-state index in [2.05, 4.69) is 24.0 Å². The predicted octanol–water partition coefficient (Wildman–Crippen LogP) is 3.15. The smallest absolute Gasteiger partial charge is 0.225 e. The zero-order chi connectivity index (χ0) is 19.9. The Morgan fingerprint density at radius 3 is 2.25 bits per heavy atom. The van der Waals surface area contributed by atoms with Gasteiger partial charge in [-0.1, -0.05) is 37.3 Å². The number of nitrogens with zero attached hydrogens (tertiary/aromatic N) is 3. The van der Waals surface area contributed by atoms with Gasteiger partial charge < -0.3 is 14.7 Å². The van der Waals surface area contributed by atoms with Crippen molar-refractivity contribution in [1.29, 1.82) is 0 Å². The van der Waals surface area contributed by atoms with Gasteiger partial charge in [-0.05, 0) is 50.8 Å². The van der Waals surface area contributed by atoms with Crippen molar-refractivity contribution in [2.75, 3.05) is 33.2 Å². The first-order valence-corrected chi connectivity index (χ1v) is 10.9. The Balaban J connectivity index is 1.42. The van der Waals surface area contributed by atoms with E-state index >= 15 is 0 Å². The lowest BCUT2D eigenvalue weighted by atomic mass is 9.92. The van der Waals surface area contributed by atoms with Crippen LogP contribution in [0.3, 0.4) is 0 Å². The van der Waals surface area contributed by atoms with Gasteiger partial charge in [0.25, 0.3) is 0 Å². The maximum Gasteiger partial charge on any atom is 0.225 e. The van der Waals surface area contributed by atoms with Crippen LogP contribution in [0.5, 0.6) is 0 Å². The molecule has 0 spiro atoms. The molecule has 0 N–H and O–H groups in total. The second-order valence-electron chi connectivity index (χ2n) is 8.35. The second-order valence-corrected chi connectivity index (χ2v) is 8.35. The van der Waals surface area contributed by atoms with Crippen molar-refractivity contribution in [3.63, 3.8) is 0 Å². The number of likely N-dealkylation sites (tertiary alicyclic amines) is 2. The minimum Gasteiger partial charge on any atom is -0.343 e. The number of carbonyl (C=O) groups excluding carboxylic acids is 2. The summed E-state index contributed by atoms with van der Waals surface area (Å²) in [6.45, 7) is 6.54. The normalized spacial score (nSPS) is 19.6. The summed E-state index contributed by atoms with van der Waals surface area (Å²) in [5, 5.41) is 0. The number of piperidine rings is 2. The van der Waals surface area contributed by atoms with Crippen LogP contribution in [0, 0.1) is 5.92 Å². The third kappa shape index (κ3) is 5.34. The van der Waals surface area contributed by atoms with Gasteiger partial charge in [-0.25, -0.2) is 0 Å². The topological polar surface area (TPSA) is 43.9 Å². The fourth-order valence-electron chi connectivity index (χ4n) is 4.61. The van der Waals surface area contributed by atoms with Crippen molar-refractivity contribution in [2.24, 2.45) is 5.92 Å². The summed E-state index contributed by atoms with van der Waals surface area (Å²) < 4.78 is 0. The molecule has 3 rings (SSSR count). The van der Waals surface area contributed by atoms with E-state index in [1.54, 1.807) is 0 Å². The third-order valence-corrected chi connectivity index (χ3v) is 6.32. The van der Waals surface area contributed by atoms with E-state index in [0.29, 0.717) is 24.9 Å². The lowest BCUT2D eigenvalue weighted by Crippen LogP contribution is -2.50. The van der Waals surface area contributed by atoms with Crippen molar-refractivity contribution in [2.45, 2.75) is 58.0 Å². The van der Waals surface area contributed by atoms with Crippen molar-refractivity contribution in [1.82, 2.24) is 14.7 Å². The number of amides is 2. The zero-order valence-corrected chi connectivity index (χ0v) is 17.5. The number of hydrogen-bond donors (Lipinski definition) is 0. The summed E-state index contributed by atoms with van der Waals surface area (Å²) in [5.41, 5.74) is 1.18. The summed E-state index contributed by atoms with van der Waals surface area (Å²) in [5.74, 6) is 0.742. The lowest BCUT2D eigenvalue weighted by molar-refractivity contribution is -0.137. The molecule has 5 heteroatoms. The minimum atomic E-state index is 0.149. The highest BCUT2D eigenvalue weighted by atomic mass is 16.2. The molecule has 1 aromatic rings. The maximum atomic E-state index is 12.8. The molecule has 0 radical (unpaired) electrons. The third-order valence-electron chi connectivity index (χ3n) is 6.32. The predicted molar refractivity (Wildman–Crippen MR) is 112 cm³/mol. The fraction of sp³-hybridized carbons (Fsp3) is 0.652. The molecule has 1 aromatic carbocycles. The molecule has 0 aliphatic carbocycles. The van der Waals surface area contributed by atoms with Crippen molar-refractivity contribution < 1.29 is 9.59 Å². The second kappa shape index (κ2) is 10.1. The van der Waals surface area contributed by atoms with Crippen molar-refractivity contribution in [3.05, 3.63) is 35.9 Å². The van der Waals surface area contributed by atoms with Crippen LogP contribution in [-0.4, -0.2) is 65.8 Å². The molecule has 154 valence electrons. The Morgan fingerprint density at radius 2 is 1.64 bits per heavy atom. The molecular weight excluding hydrogens is 350 g/mol. The van der Waals surface area contributed by atoms with E-state index in [1.165, 1.54) is 5.56 Å². The fourth-order valence-corrected chi connectivity index (χ4v) is 4.61. The first-order valence-electron chi connectivity index (χ1n) is 10.9. The van der Waals surface area contributed by atoms with E-state index in [9.17, 15) is 9.59 Å². The highest BCUT2D eigenvalue weighted by molar-refractivity contribution is 5.78. The Kier molecular flexibility index (Phi) is 7.49. The molecule has 0 unspecified atom stereocenters. The Bertz CT molecular complexity index is 633. The Hall–Kier alpha value is -1.88. The van der Waals surface area contributed by atoms with Gasteiger partial charge in [0, 0.05) is 45.1 Å². The lowest BCUT2D eigenvalue weighted by Gasteiger charge is -2.42. The van der Waals surface area contributed by atoms with Gasteiger partial charge in [0.05, 0.1) is 0 Å². The van der Waals surface area contributed by atoms with Gasteiger partial charge in [0.1, 0.15) is 0 Å². The van der Waals surface area contributed by atoms with E-state index in [-0.39, 0.29) is 11.8 Å². The SMILES string of the molecule is CCCC(=O)N1CCC(N2CCC(C(=O)N(C)Cc3ccccc3)CC2)CC1. The molecule has 28 heavy (non-hydrogen) atoms. The number of benzene rings is 1. The summed E-state index contributed by atoms with van der Waals surface area (Å²) in [7, 11) is 1.92. The first kappa shape index (κ1) is 20.8. The van der Waals surface area contributed by atoms with Crippen LogP contribution < -0.4 is 0 Å². The van der Waals surface area contributed by atoms with Crippen LogP contribution in [-0.2, 0) is 16.1 Å². The van der Waals surface area contributed by atoms with Crippen molar-refractivity contribution in [3.8, 4) is 0 Å². The number of hydrogen-bond acceptors (Lipinski definition) is 3. The first-order chi connectivity index (χ1) is 13.6. The molecule has 0 bridgehead atoms. The molecule has 2 aliphatic heterocycles. The molecule has 5 nitrogen and oxygen atoms in total. The summed E-state index contributed by atoms with van der Waals surface area (Å²) in [6.07, 6.45) is 5.65. The van der Waals surface area contributed by atoms with Crippen molar-refractivity contribution >= 4 is 11.8 Å².